The average Bonchev–Trinajstić information content (AvgIpc) is 2.94. The van der Waals surface area contributed by atoms with E-state index in [0.29, 0.717) is 28.7 Å². The van der Waals surface area contributed by atoms with Crippen LogP contribution in [0, 0.1) is 0 Å². The van der Waals surface area contributed by atoms with Gasteiger partial charge in [0, 0.05) is 29.2 Å². The van der Waals surface area contributed by atoms with E-state index in [1.54, 1.807) is 30.3 Å². The largest absolute Gasteiger partial charge is 0.483 e. The fourth-order valence-electron chi connectivity index (χ4n) is 4.85. The predicted octanol–water partition coefficient (Wildman–Crippen LogP) is 6.35. The summed E-state index contributed by atoms with van der Waals surface area (Å²) in [5.41, 5.74) is 10.1. The van der Waals surface area contributed by atoms with Gasteiger partial charge in [0.15, 0.2) is 0 Å². The number of rotatable bonds is 7. The molecule has 1 heterocycles. The lowest BCUT2D eigenvalue weighted by Crippen LogP contribution is -2.33. The zero-order chi connectivity index (χ0) is 29.6. The fraction of sp³-hybridized carbons (Fsp3) is 0.276. The van der Waals surface area contributed by atoms with E-state index < -0.39 is 10.0 Å². The quantitative estimate of drug-likeness (QED) is 0.176. The number of halogens is 2. The molecule has 0 bridgehead atoms. The number of fused-ring (bicyclic) bond motifs is 1. The van der Waals surface area contributed by atoms with Gasteiger partial charge in [0.2, 0.25) is 5.95 Å². The Balaban J connectivity index is 0.00000124. The highest BCUT2D eigenvalue weighted by Crippen LogP contribution is 2.35. The van der Waals surface area contributed by atoms with Gasteiger partial charge < -0.3 is 16.2 Å². The van der Waals surface area contributed by atoms with Gasteiger partial charge in [0.25, 0.3) is 16.5 Å². The molecule has 41 heavy (non-hydrogen) atoms. The molecule has 0 amide bonds. The molecule has 0 aliphatic heterocycles. The van der Waals surface area contributed by atoms with E-state index in [2.05, 4.69) is 28.0 Å². The number of carbonyl (C=O) groups is 1. The van der Waals surface area contributed by atoms with Crippen LogP contribution in [0.1, 0.15) is 38.2 Å². The van der Waals surface area contributed by atoms with E-state index in [0.717, 1.165) is 59.7 Å². The van der Waals surface area contributed by atoms with Crippen molar-refractivity contribution in [3.63, 3.8) is 0 Å². The molecule has 9 nitrogen and oxygen atoms in total. The Morgan fingerprint density at radius 1 is 1.05 bits per heavy atom. The first-order valence-corrected chi connectivity index (χ1v) is 15.4. The van der Waals surface area contributed by atoms with Crippen molar-refractivity contribution in [2.75, 3.05) is 10.0 Å². The third-order valence-corrected chi connectivity index (χ3v) is 9.10. The average molecular weight is 617 g/mol. The Bertz CT molecular complexity index is 1640. The Labute approximate surface area is 249 Å². The number of hydrogen-bond donors (Lipinski definition) is 4. The topological polar surface area (TPSA) is 147 Å². The maximum Gasteiger partial charge on any atom is 0.290 e. The highest BCUT2D eigenvalue weighted by Gasteiger charge is 2.20. The van der Waals surface area contributed by atoms with E-state index in [1.807, 2.05) is 12.3 Å². The fourth-order valence-corrected chi connectivity index (χ4v) is 6.71. The van der Waals surface area contributed by atoms with Crippen LogP contribution in [0.3, 0.4) is 0 Å². The molecule has 1 aromatic heterocycles. The summed E-state index contributed by atoms with van der Waals surface area (Å²) in [5, 5.41) is 11.8. The first-order valence-electron chi connectivity index (χ1n) is 13.1. The molecule has 0 atom stereocenters. The van der Waals surface area contributed by atoms with Crippen LogP contribution in [-0.2, 0) is 21.2 Å². The molecular formula is C29H31Cl2N5O4S. The first-order chi connectivity index (χ1) is 19.6. The number of benzene rings is 3. The van der Waals surface area contributed by atoms with Crippen LogP contribution < -0.4 is 15.8 Å². The second-order valence-corrected chi connectivity index (χ2v) is 12.2. The van der Waals surface area contributed by atoms with Gasteiger partial charge in [-0.2, -0.15) is 0 Å². The van der Waals surface area contributed by atoms with Gasteiger partial charge in [-0.3, -0.25) is 9.52 Å². The Hall–Kier alpha value is -3.44. The van der Waals surface area contributed by atoms with Crippen molar-refractivity contribution in [1.82, 2.24) is 9.97 Å². The first kappa shape index (κ1) is 30.5. The minimum Gasteiger partial charge on any atom is -0.483 e. The number of nitrogens with zero attached hydrogens (tertiary/aromatic N) is 2. The maximum absolute atomic E-state index is 12.8. The number of hydrogen-bond acceptors (Lipinski definition) is 7. The van der Waals surface area contributed by atoms with Gasteiger partial charge in [-0.15, -0.1) is 0 Å². The summed E-state index contributed by atoms with van der Waals surface area (Å²) >= 11 is 12.7. The molecule has 4 aromatic rings. The lowest BCUT2D eigenvalue weighted by atomic mass is 9.92. The monoisotopic (exact) mass is 615 g/mol. The molecule has 3 aromatic carbocycles. The molecule has 1 aliphatic carbocycles. The zero-order valence-electron chi connectivity index (χ0n) is 22.3. The van der Waals surface area contributed by atoms with Gasteiger partial charge in [-0.1, -0.05) is 48.3 Å². The molecule has 0 unspecified atom stereocenters. The van der Waals surface area contributed by atoms with Crippen molar-refractivity contribution in [3.05, 3.63) is 76.4 Å². The minimum absolute atomic E-state index is 0.00454. The molecule has 0 saturated heterocycles. The van der Waals surface area contributed by atoms with Crippen molar-refractivity contribution >= 4 is 62.2 Å². The third-order valence-electron chi connectivity index (χ3n) is 6.91. The summed E-state index contributed by atoms with van der Waals surface area (Å²) in [6.45, 7) is 1.84. The Kier molecular flexibility index (Phi) is 10.0. The normalized spacial score (nSPS) is 16.9. The molecule has 5 rings (SSSR count). The van der Waals surface area contributed by atoms with Crippen LogP contribution in [-0.4, -0.2) is 42.0 Å². The number of nitrogens with one attached hydrogen (secondary N) is 2. The van der Waals surface area contributed by atoms with E-state index >= 15 is 0 Å². The highest BCUT2D eigenvalue weighted by molar-refractivity contribution is 7.92. The summed E-state index contributed by atoms with van der Waals surface area (Å²) in [5.74, 6) is 0.633. The van der Waals surface area contributed by atoms with E-state index in [9.17, 15) is 8.42 Å². The van der Waals surface area contributed by atoms with Gasteiger partial charge in [-0.25, -0.2) is 18.4 Å². The SMILES string of the molecule is CCc1cc(-c2ccc(NS(=O)(=O)c3ccccc3Cl)cc2Cl)cc2cnc(NC3CCC(N)CC3)nc12.O=CO. The second-order valence-electron chi connectivity index (χ2n) is 9.71. The van der Waals surface area contributed by atoms with E-state index in [-0.39, 0.29) is 16.4 Å². The van der Waals surface area contributed by atoms with Crippen molar-refractivity contribution in [1.29, 1.82) is 0 Å². The lowest BCUT2D eigenvalue weighted by molar-refractivity contribution is -0.122. The van der Waals surface area contributed by atoms with E-state index in [1.165, 1.54) is 12.1 Å². The van der Waals surface area contributed by atoms with Gasteiger partial charge >= 0.3 is 0 Å². The molecule has 12 heteroatoms. The van der Waals surface area contributed by atoms with Crippen LogP contribution >= 0.6 is 23.2 Å². The Morgan fingerprint density at radius 2 is 1.76 bits per heavy atom. The Morgan fingerprint density at radius 3 is 2.41 bits per heavy atom. The molecule has 1 aliphatic rings. The molecule has 5 N–H and O–H groups in total. The summed E-state index contributed by atoms with van der Waals surface area (Å²) in [6, 6.07) is 16.1. The predicted molar refractivity (Wildman–Crippen MR) is 164 cm³/mol. The number of nitrogens with two attached hydrogens (primary N) is 1. The summed E-state index contributed by atoms with van der Waals surface area (Å²) in [6.07, 6.45) is 6.68. The molecule has 0 spiro atoms. The summed E-state index contributed by atoms with van der Waals surface area (Å²) in [4.78, 5) is 17.8. The van der Waals surface area contributed by atoms with Crippen molar-refractivity contribution in [2.24, 2.45) is 5.73 Å². The standard InChI is InChI=1S/C28H29Cl2N5O2S.CH2O2/c1-2-17-13-18(14-19-16-32-28(34-27(17)19)33-21-9-7-20(31)8-10-21)23-12-11-22(15-25(23)30)35-38(36,37)26-6-4-3-5-24(26)29;2-1-3/h3-6,11-16,20-21,35H,2,7-10,31H2,1H3,(H,32,33,34);1H,(H,2,3). The zero-order valence-corrected chi connectivity index (χ0v) is 24.7. The number of aromatic nitrogens is 2. The van der Waals surface area contributed by atoms with Gasteiger partial charge in [-0.05, 0) is 79.6 Å². The van der Waals surface area contributed by atoms with Gasteiger partial charge in [0.05, 0.1) is 21.2 Å². The van der Waals surface area contributed by atoms with Crippen LogP contribution in [0.25, 0.3) is 22.0 Å². The van der Waals surface area contributed by atoms with Crippen LogP contribution in [0.2, 0.25) is 10.0 Å². The number of aryl methyl sites for hydroxylation is 1. The molecule has 1 saturated carbocycles. The van der Waals surface area contributed by atoms with E-state index in [4.69, 9.17) is 43.8 Å². The maximum atomic E-state index is 12.8. The summed E-state index contributed by atoms with van der Waals surface area (Å²) < 4.78 is 28.2. The third kappa shape index (κ3) is 7.45. The van der Waals surface area contributed by atoms with Crippen molar-refractivity contribution in [2.45, 2.75) is 56.0 Å². The number of anilines is 2. The minimum atomic E-state index is -3.86. The molecular weight excluding hydrogens is 585 g/mol. The van der Waals surface area contributed by atoms with Crippen LogP contribution in [0.5, 0.6) is 0 Å². The second kappa shape index (κ2) is 13.5. The van der Waals surface area contributed by atoms with Crippen LogP contribution in [0.4, 0.5) is 11.6 Å². The molecule has 0 radical (unpaired) electrons. The summed E-state index contributed by atoms with van der Waals surface area (Å²) in [7, 11) is -3.86. The van der Waals surface area contributed by atoms with Crippen molar-refractivity contribution in [3.8, 4) is 11.1 Å². The molecule has 1 fully saturated rings. The highest BCUT2D eigenvalue weighted by atomic mass is 35.5. The number of carboxylic acid groups (broad SMARTS) is 1. The van der Waals surface area contributed by atoms with Crippen molar-refractivity contribution < 1.29 is 18.3 Å². The van der Waals surface area contributed by atoms with Crippen LogP contribution in [0.15, 0.2) is 65.7 Å². The van der Waals surface area contributed by atoms with Gasteiger partial charge in [0.1, 0.15) is 4.90 Å². The number of sulfonamides is 1. The molecule has 216 valence electrons. The lowest BCUT2D eigenvalue weighted by Gasteiger charge is -2.26. The smallest absolute Gasteiger partial charge is 0.290 e.